The largest absolute Gasteiger partial charge is 0.486 e. The lowest BCUT2D eigenvalue weighted by Crippen LogP contribution is -2.35. The number of para-hydroxylation sites is 2. The van der Waals surface area contributed by atoms with E-state index in [1.165, 1.54) is 0 Å². The van der Waals surface area contributed by atoms with Crippen LogP contribution < -0.4 is 15.2 Å². The number of hydrogen-bond donors (Lipinski definition) is 1. The molecule has 1 aliphatic rings. The van der Waals surface area contributed by atoms with Gasteiger partial charge < -0.3 is 15.2 Å². The van der Waals surface area contributed by atoms with Crippen molar-refractivity contribution in [1.82, 2.24) is 0 Å². The Kier molecular flexibility index (Phi) is 3.39. The summed E-state index contributed by atoms with van der Waals surface area (Å²) in [6, 6.07) is 7.62. The fourth-order valence-electron chi connectivity index (χ4n) is 1.18. The molecule has 2 rings (SSSR count). The van der Waals surface area contributed by atoms with E-state index in [1.54, 1.807) is 0 Å². The van der Waals surface area contributed by atoms with E-state index in [0.717, 1.165) is 11.5 Å². The third-order valence-electron chi connectivity index (χ3n) is 1.83. The number of hydrogen-bond acceptors (Lipinski definition) is 3. The zero-order valence-electron chi connectivity index (χ0n) is 7.10. The number of rotatable bonds is 1. The SMILES string of the molecule is Cl.NC[C@@H]1COc2ccccc2O1. The molecule has 1 aromatic carbocycles. The maximum absolute atomic E-state index is 5.53. The fraction of sp³-hybridized carbons (Fsp3) is 0.333. The molecule has 0 saturated carbocycles. The van der Waals surface area contributed by atoms with E-state index >= 15 is 0 Å². The number of fused-ring (bicyclic) bond motifs is 1. The minimum absolute atomic E-state index is 0. The molecule has 1 atom stereocenters. The Bertz CT molecular complexity index is 280. The molecule has 13 heavy (non-hydrogen) atoms. The van der Waals surface area contributed by atoms with Gasteiger partial charge in [-0.3, -0.25) is 0 Å². The summed E-state index contributed by atoms with van der Waals surface area (Å²) < 4.78 is 11.0. The second-order valence-corrected chi connectivity index (χ2v) is 2.73. The van der Waals surface area contributed by atoms with Gasteiger partial charge in [-0.15, -0.1) is 12.4 Å². The van der Waals surface area contributed by atoms with E-state index in [0.29, 0.717) is 13.2 Å². The lowest BCUT2D eigenvalue weighted by Gasteiger charge is -2.25. The minimum atomic E-state index is -0.0000926. The third kappa shape index (κ3) is 2.05. The van der Waals surface area contributed by atoms with Crippen molar-refractivity contribution in [3.8, 4) is 11.5 Å². The molecule has 4 heteroatoms. The second kappa shape index (κ2) is 4.35. The third-order valence-corrected chi connectivity index (χ3v) is 1.83. The van der Waals surface area contributed by atoms with E-state index in [2.05, 4.69) is 0 Å². The zero-order valence-corrected chi connectivity index (χ0v) is 7.92. The van der Waals surface area contributed by atoms with Crippen LogP contribution in [0.3, 0.4) is 0 Å². The fourth-order valence-corrected chi connectivity index (χ4v) is 1.18. The van der Waals surface area contributed by atoms with Crippen LogP contribution in [0, 0.1) is 0 Å². The molecule has 0 unspecified atom stereocenters. The first kappa shape index (κ1) is 10.2. The quantitative estimate of drug-likeness (QED) is 0.743. The summed E-state index contributed by atoms with van der Waals surface area (Å²) in [6.07, 6.45) is -0.0000926. The molecule has 0 fully saturated rings. The molecule has 0 amide bonds. The normalized spacial score (nSPS) is 19.0. The van der Waals surface area contributed by atoms with E-state index in [1.807, 2.05) is 24.3 Å². The molecule has 0 radical (unpaired) electrons. The van der Waals surface area contributed by atoms with Gasteiger partial charge in [-0.2, -0.15) is 0 Å². The first-order valence-corrected chi connectivity index (χ1v) is 3.98. The van der Waals surface area contributed by atoms with E-state index in [-0.39, 0.29) is 18.5 Å². The predicted molar refractivity (Wildman–Crippen MR) is 52.7 cm³/mol. The molecule has 0 bridgehead atoms. The summed E-state index contributed by atoms with van der Waals surface area (Å²) >= 11 is 0. The Balaban J connectivity index is 0.000000845. The van der Waals surface area contributed by atoms with Crippen molar-refractivity contribution in [2.75, 3.05) is 13.2 Å². The van der Waals surface area contributed by atoms with Gasteiger partial charge in [0.15, 0.2) is 11.5 Å². The Hall–Kier alpha value is -0.930. The van der Waals surface area contributed by atoms with Crippen molar-refractivity contribution < 1.29 is 9.47 Å². The smallest absolute Gasteiger partial charge is 0.161 e. The van der Waals surface area contributed by atoms with Gasteiger partial charge in [0, 0.05) is 6.54 Å². The first-order chi connectivity index (χ1) is 5.90. The number of nitrogens with two attached hydrogens (primary N) is 1. The number of ether oxygens (including phenoxy) is 2. The topological polar surface area (TPSA) is 44.5 Å². The van der Waals surface area contributed by atoms with E-state index in [9.17, 15) is 0 Å². The molecular weight excluding hydrogens is 190 g/mol. The molecule has 1 aromatic rings. The average Bonchev–Trinajstić information content (AvgIpc) is 2.17. The van der Waals surface area contributed by atoms with Gasteiger partial charge in [-0.1, -0.05) is 12.1 Å². The van der Waals surface area contributed by atoms with Crippen LogP contribution in [-0.4, -0.2) is 19.3 Å². The van der Waals surface area contributed by atoms with Crippen LogP contribution in [0.1, 0.15) is 0 Å². The maximum Gasteiger partial charge on any atom is 0.161 e. The summed E-state index contributed by atoms with van der Waals surface area (Å²) in [4.78, 5) is 0. The molecular formula is C9H12ClNO2. The van der Waals surface area contributed by atoms with Crippen LogP contribution in [0.15, 0.2) is 24.3 Å². The number of benzene rings is 1. The Labute approximate surface area is 83.2 Å². The van der Waals surface area contributed by atoms with Crippen LogP contribution >= 0.6 is 12.4 Å². The van der Waals surface area contributed by atoms with Gasteiger partial charge in [0.1, 0.15) is 12.7 Å². The molecule has 0 aromatic heterocycles. The van der Waals surface area contributed by atoms with Crippen LogP contribution in [0.4, 0.5) is 0 Å². The first-order valence-electron chi connectivity index (χ1n) is 3.98. The molecule has 3 nitrogen and oxygen atoms in total. The molecule has 1 aliphatic heterocycles. The Morgan fingerprint density at radius 3 is 2.69 bits per heavy atom. The molecule has 0 spiro atoms. The van der Waals surface area contributed by atoms with Crippen LogP contribution in [0.25, 0.3) is 0 Å². The predicted octanol–water partition coefficient (Wildman–Crippen LogP) is 1.21. The number of halogens is 1. The van der Waals surface area contributed by atoms with Crippen molar-refractivity contribution in [3.05, 3.63) is 24.3 Å². The average molecular weight is 202 g/mol. The summed E-state index contributed by atoms with van der Waals surface area (Å²) in [5, 5.41) is 0. The van der Waals surface area contributed by atoms with Crippen LogP contribution in [-0.2, 0) is 0 Å². The van der Waals surface area contributed by atoms with Gasteiger partial charge in [0.25, 0.3) is 0 Å². The van der Waals surface area contributed by atoms with Gasteiger partial charge >= 0.3 is 0 Å². The Morgan fingerprint density at radius 1 is 1.31 bits per heavy atom. The summed E-state index contributed by atoms with van der Waals surface area (Å²) in [7, 11) is 0. The highest BCUT2D eigenvalue weighted by molar-refractivity contribution is 5.85. The highest BCUT2D eigenvalue weighted by atomic mass is 35.5. The minimum Gasteiger partial charge on any atom is -0.486 e. The van der Waals surface area contributed by atoms with Gasteiger partial charge in [0.05, 0.1) is 0 Å². The molecule has 2 N–H and O–H groups in total. The van der Waals surface area contributed by atoms with Gasteiger partial charge in [-0.05, 0) is 12.1 Å². The monoisotopic (exact) mass is 201 g/mol. The molecule has 1 heterocycles. The molecule has 72 valence electrons. The summed E-state index contributed by atoms with van der Waals surface area (Å²) in [5.74, 6) is 1.60. The Morgan fingerprint density at radius 2 is 2.00 bits per heavy atom. The molecule has 0 saturated heterocycles. The van der Waals surface area contributed by atoms with Crippen molar-refractivity contribution in [2.45, 2.75) is 6.10 Å². The summed E-state index contributed by atoms with van der Waals surface area (Å²) in [6.45, 7) is 1.04. The lowest BCUT2D eigenvalue weighted by atomic mass is 10.2. The standard InChI is InChI=1S/C9H11NO2.ClH/c10-5-7-6-11-8-3-1-2-4-9(8)12-7;/h1-4,7H,5-6,10H2;1H/t7-;/m1./s1. The van der Waals surface area contributed by atoms with Gasteiger partial charge in [0.2, 0.25) is 0 Å². The second-order valence-electron chi connectivity index (χ2n) is 2.73. The molecule has 0 aliphatic carbocycles. The zero-order chi connectivity index (χ0) is 8.39. The lowest BCUT2D eigenvalue weighted by molar-refractivity contribution is 0.0969. The maximum atomic E-state index is 5.53. The van der Waals surface area contributed by atoms with Crippen LogP contribution in [0.2, 0.25) is 0 Å². The van der Waals surface area contributed by atoms with Crippen LogP contribution in [0.5, 0.6) is 11.5 Å². The van der Waals surface area contributed by atoms with E-state index in [4.69, 9.17) is 15.2 Å². The summed E-state index contributed by atoms with van der Waals surface area (Å²) in [5.41, 5.74) is 5.46. The van der Waals surface area contributed by atoms with Gasteiger partial charge in [-0.25, -0.2) is 0 Å². The van der Waals surface area contributed by atoms with Crippen molar-refractivity contribution in [3.63, 3.8) is 0 Å². The highest BCUT2D eigenvalue weighted by Crippen LogP contribution is 2.30. The highest BCUT2D eigenvalue weighted by Gasteiger charge is 2.18. The van der Waals surface area contributed by atoms with Crippen molar-refractivity contribution >= 4 is 12.4 Å². The van der Waals surface area contributed by atoms with Crippen molar-refractivity contribution in [1.29, 1.82) is 0 Å². The van der Waals surface area contributed by atoms with E-state index < -0.39 is 0 Å². The van der Waals surface area contributed by atoms with Crippen molar-refractivity contribution in [2.24, 2.45) is 5.73 Å².